The molecule has 104 valence electrons. The summed E-state index contributed by atoms with van der Waals surface area (Å²) in [6, 6.07) is 12.4. The second kappa shape index (κ2) is 5.52. The molecule has 0 aliphatic rings. The molecule has 2 rings (SSSR count). The first-order valence-electron chi connectivity index (χ1n) is 6.21. The molecule has 0 fully saturated rings. The molecule has 2 aromatic carbocycles. The third-order valence-corrected chi connectivity index (χ3v) is 2.95. The maximum absolute atomic E-state index is 12.3. The lowest BCUT2D eigenvalue weighted by Crippen LogP contribution is -2.17. The number of amides is 1. The van der Waals surface area contributed by atoms with Gasteiger partial charge in [0.25, 0.3) is 5.91 Å². The van der Waals surface area contributed by atoms with Gasteiger partial charge in [-0.05, 0) is 30.3 Å². The predicted molar refractivity (Wildman–Crippen MR) is 84.0 cm³/mol. The number of benzene rings is 2. The molecule has 0 unspecified atom stereocenters. The standard InChI is InChI=1S/C15H18N4O/c1-19(2)14-6-4-3-5-13(14)18-15(20)11-8-7-10(16)9-12(11)17/h3-9H,16-17H2,1-2H3,(H,18,20). The van der Waals surface area contributed by atoms with Crippen LogP contribution in [0.25, 0.3) is 0 Å². The molecule has 0 heterocycles. The highest BCUT2D eigenvalue weighted by atomic mass is 16.1. The van der Waals surface area contributed by atoms with Crippen LogP contribution in [0, 0.1) is 0 Å². The molecule has 20 heavy (non-hydrogen) atoms. The van der Waals surface area contributed by atoms with Gasteiger partial charge in [-0.3, -0.25) is 4.79 Å². The number of nitrogen functional groups attached to an aromatic ring is 2. The van der Waals surface area contributed by atoms with Gasteiger partial charge in [-0.2, -0.15) is 0 Å². The number of rotatable bonds is 3. The fraction of sp³-hybridized carbons (Fsp3) is 0.133. The highest BCUT2D eigenvalue weighted by Crippen LogP contribution is 2.25. The van der Waals surface area contributed by atoms with Crippen molar-refractivity contribution < 1.29 is 4.79 Å². The Hall–Kier alpha value is -2.69. The summed E-state index contributed by atoms with van der Waals surface area (Å²) >= 11 is 0. The highest BCUT2D eigenvalue weighted by molar-refractivity contribution is 6.09. The molecule has 0 radical (unpaired) electrons. The number of hydrogen-bond donors (Lipinski definition) is 3. The van der Waals surface area contributed by atoms with E-state index in [1.165, 1.54) is 0 Å². The number of anilines is 4. The predicted octanol–water partition coefficient (Wildman–Crippen LogP) is 2.17. The molecule has 0 aliphatic heterocycles. The Labute approximate surface area is 118 Å². The Morgan fingerprint density at radius 1 is 1.10 bits per heavy atom. The fourth-order valence-electron chi connectivity index (χ4n) is 1.95. The van der Waals surface area contributed by atoms with Gasteiger partial charge < -0.3 is 21.7 Å². The number of nitrogens with zero attached hydrogens (tertiary/aromatic N) is 1. The summed E-state index contributed by atoms with van der Waals surface area (Å²) in [7, 11) is 3.84. The molecule has 0 atom stereocenters. The van der Waals surface area contributed by atoms with E-state index < -0.39 is 0 Å². The molecular formula is C15H18N4O. The molecule has 0 saturated heterocycles. The van der Waals surface area contributed by atoms with Gasteiger partial charge in [0, 0.05) is 25.5 Å². The summed E-state index contributed by atoms with van der Waals surface area (Å²) in [4.78, 5) is 14.2. The van der Waals surface area contributed by atoms with Gasteiger partial charge in [0.05, 0.1) is 16.9 Å². The van der Waals surface area contributed by atoms with Crippen molar-refractivity contribution in [2.75, 3.05) is 35.8 Å². The summed E-state index contributed by atoms with van der Waals surface area (Å²) in [5.41, 5.74) is 14.4. The lowest BCUT2D eigenvalue weighted by atomic mass is 10.1. The van der Waals surface area contributed by atoms with Gasteiger partial charge in [-0.25, -0.2) is 0 Å². The Kier molecular flexibility index (Phi) is 3.79. The van der Waals surface area contributed by atoms with Crippen molar-refractivity contribution in [3.05, 3.63) is 48.0 Å². The maximum Gasteiger partial charge on any atom is 0.257 e. The van der Waals surface area contributed by atoms with Gasteiger partial charge in [0.2, 0.25) is 0 Å². The summed E-state index contributed by atoms with van der Waals surface area (Å²) < 4.78 is 0. The van der Waals surface area contributed by atoms with E-state index in [0.29, 0.717) is 16.9 Å². The summed E-state index contributed by atoms with van der Waals surface area (Å²) in [6.45, 7) is 0. The zero-order valence-electron chi connectivity index (χ0n) is 11.6. The minimum Gasteiger partial charge on any atom is -0.399 e. The van der Waals surface area contributed by atoms with E-state index >= 15 is 0 Å². The summed E-state index contributed by atoms with van der Waals surface area (Å²) in [5.74, 6) is -0.253. The Morgan fingerprint density at radius 3 is 2.45 bits per heavy atom. The topological polar surface area (TPSA) is 84.4 Å². The molecule has 0 aromatic heterocycles. The Morgan fingerprint density at radius 2 is 1.80 bits per heavy atom. The van der Waals surface area contributed by atoms with E-state index in [1.807, 2.05) is 43.3 Å². The van der Waals surface area contributed by atoms with Crippen molar-refractivity contribution in [2.45, 2.75) is 0 Å². The highest BCUT2D eigenvalue weighted by Gasteiger charge is 2.12. The average Bonchev–Trinajstić information content (AvgIpc) is 2.38. The molecule has 0 bridgehead atoms. The van der Waals surface area contributed by atoms with Gasteiger partial charge >= 0.3 is 0 Å². The van der Waals surface area contributed by atoms with Crippen LogP contribution >= 0.6 is 0 Å². The van der Waals surface area contributed by atoms with Crippen molar-refractivity contribution in [3.63, 3.8) is 0 Å². The van der Waals surface area contributed by atoms with Crippen LogP contribution in [0.3, 0.4) is 0 Å². The van der Waals surface area contributed by atoms with Gasteiger partial charge in [-0.15, -0.1) is 0 Å². The number of nitrogens with one attached hydrogen (secondary N) is 1. The van der Waals surface area contributed by atoms with Crippen molar-refractivity contribution in [2.24, 2.45) is 0 Å². The fourth-order valence-corrected chi connectivity index (χ4v) is 1.95. The van der Waals surface area contributed by atoms with Crippen LogP contribution in [0.5, 0.6) is 0 Å². The number of para-hydroxylation sites is 2. The van der Waals surface area contributed by atoms with Crippen molar-refractivity contribution >= 4 is 28.7 Å². The monoisotopic (exact) mass is 270 g/mol. The molecule has 5 N–H and O–H groups in total. The zero-order chi connectivity index (χ0) is 14.7. The van der Waals surface area contributed by atoms with Crippen LogP contribution in [0.1, 0.15) is 10.4 Å². The first-order chi connectivity index (χ1) is 9.49. The normalized spacial score (nSPS) is 10.1. The average molecular weight is 270 g/mol. The third kappa shape index (κ3) is 2.83. The van der Waals surface area contributed by atoms with E-state index in [4.69, 9.17) is 11.5 Å². The SMILES string of the molecule is CN(C)c1ccccc1NC(=O)c1ccc(N)cc1N. The molecule has 5 heteroatoms. The lowest BCUT2D eigenvalue weighted by Gasteiger charge is -2.18. The largest absolute Gasteiger partial charge is 0.399 e. The van der Waals surface area contributed by atoms with Crippen LogP contribution in [0.15, 0.2) is 42.5 Å². The van der Waals surface area contributed by atoms with Crippen molar-refractivity contribution in [3.8, 4) is 0 Å². The van der Waals surface area contributed by atoms with Crippen molar-refractivity contribution in [1.82, 2.24) is 0 Å². The van der Waals surface area contributed by atoms with E-state index in [-0.39, 0.29) is 5.91 Å². The number of carbonyl (C=O) groups is 1. The minimum atomic E-state index is -0.253. The first-order valence-corrected chi connectivity index (χ1v) is 6.21. The van der Waals surface area contributed by atoms with E-state index in [2.05, 4.69) is 5.32 Å². The lowest BCUT2D eigenvalue weighted by molar-refractivity contribution is 0.102. The van der Waals surface area contributed by atoms with Gasteiger partial charge in [0.1, 0.15) is 0 Å². The van der Waals surface area contributed by atoms with E-state index in [0.717, 1.165) is 11.4 Å². The molecule has 5 nitrogen and oxygen atoms in total. The Balaban J connectivity index is 2.28. The summed E-state index contributed by atoms with van der Waals surface area (Å²) in [5, 5.41) is 2.87. The van der Waals surface area contributed by atoms with Crippen molar-refractivity contribution in [1.29, 1.82) is 0 Å². The zero-order valence-corrected chi connectivity index (χ0v) is 11.6. The maximum atomic E-state index is 12.3. The van der Waals surface area contributed by atoms with Crippen LogP contribution in [-0.2, 0) is 0 Å². The van der Waals surface area contributed by atoms with E-state index in [1.54, 1.807) is 18.2 Å². The molecule has 0 spiro atoms. The van der Waals surface area contributed by atoms with Crippen LogP contribution in [0.2, 0.25) is 0 Å². The molecule has 0 saturated carbocycles. The second-order valence-electron chi connectivity index (χ2n) is 4.71. The van der Waals surface area contributed by atoms with Crippen LogP contribution < -0.4 is 21.7 Å². The van der Waals surface area contributed by atoms with E-state index in [9.17, 15) is 4.79 Å². The molecule has 1 amide bonds. The molecule has 0 aliphatic carbocycles. The molecule has 2 aromatic rings. The van der Waals surface area contributed by atoms with Gasteiger partial charge in [-0.1, -0.05) is 12.1 Å². The van der Waals surface area contributed by atoms with Crippen LogP contribution in [-0.4, -0.2) is 20.0 Å². The summed E-state index contributed by atoms with van der Waals surface area (Å²) in [6.07, 6.45) is 0. The smallest absolute Gasteiger partial charge is 0.257 e. The van der Waals surface area contributed by atoms with Crippen LogP contribution in [0.4, 0.5) is 22.7 Å². The van der Waals surface area contributed by atoms with Gasteiger partial charge in [0.15, 0.2) is 0 Å². The Bertz CT molecular complexity index is 638. The number of hydrogen-bond acceptors (Lipinski definition) is 4. The third-order valence-electron chi connectivity index (χ3n) is 2.95. The second-order valence-corrected chi connectivity index (χ2v) is 4.71. The first kappa shape index (κ1) is 13.7. The quantitative estimate of drug-likeness (QED) is 0.746. The molecular weight excluding hydrogens is 252 g/mol. The number of nitrogens with two attached hydrogens (primary N) is 2. The number of carbonyl (C=O) groups excluding carboxylic acids is 1. The minimum absolute atomic E-state index is 0.253.